The van der Waals surface area contributed by atoms with E-state index in [1.807, 2.05) is 18.3 Å². The number of aliphatic hydroxyl groups is 1. The van der Waals surface area contributed by atoms with E-state index in [2.05, 4.69) is 55.4 Å². The summed E-state index contributed by atoms with van der Waals surface area (Å²) in [6.45, 7) is 8.47. The van der Waals surface area contributed by atoms with Gasteiger partial charge in [-0.15, -0.1) is 11.3 Å². The van der Waals surface area contributed by atoms with Gasteiger partial charge in [0.25, 0.3) is 5.91 Å². The van der Waals surface area contributed by atoms with Crippen LogP contribution in [0.15, 0.2) is 59.1 Å². The standard InChI is InChI=1S/C28H31ClN6O2S/c1-2-35-18-25(27(37)32-30-16-20-3-6-22(29)7-4-20)24-15-21(5-8-26(24)35)28-31-23(19-38-28)17-34-11-9-33(10-12-34)13-14-36/h3-8,15-16,18-19,36H,2,9-14,17H2,1H3,(H,32,37). The molecule has 0 bridgehead atoms. The molecule has 5 rings (SSSR count). The highest BCUT2D eigenvalue weighted by atomic mass is 35.5. The summed E-state index contributed by atoms with van der Waals surface area (Å²) in [5.41, 5.74) is 7.14. The molecule has 0 unspecified atom stereocenters. The number of halogens is 1. The van der Waals surface area contributed by atoms with Crippen LogP contribution < -0.4 is 5.43 Å². The van der Waals surface area contributed by atoms with Crippen molar-refractivity contribution in [1.82, 2.24) is 24.8 Å². The minimum atomic E-state index is -0.260. The van der Waals surface area contributed by atoms with Gasteiger partial charge in [0.1, 0.15) is 5.01 Å². The van der Waals surface area contributed by atoms with Crippen LogP contribution in [0, 0.1) is 0 Å². The highest BCUT2D eigenvalue weighted by Gasteiger charge is 2.19. The maximum Gasteiger partial charge on any atom is 0.273 e. The lowest BCUT2D eigenvalue weighted by molar-refractivity contribution is 0.0956. The Hall–Kier alpha value is -3.08. The molecule has 0 radical (unpaired) electrons. The number of fused-ring (bicyclic) bond motifs is 1. The maximum atomic E-state index is 13.1. The minimum Gasteiger partial charge on any atom is -0.395 e. The largest absolute Gasteiger partial charge is 0.395 e. The summed E-state index contributed by atoms with van der Waals surface area (Å²) in [4.78, 5) is 22.7. The van der Waals surface area contributed by atoms with Gasteiger partial charge in [-0.1, -0.05) is 23.7 Å². The number of nitrogens with one attached hydrogen (secondary N) is 1. The molecule has 3 heterocycles. The van der Waals surface area contributed by atoms with Crippen LogP contribution in [0.2, 0.25) is 5.02 Å². The van der Waals surface area contributed by atoms with Gasteiger partial charge in [0.2, 0.25) is 0 Å². The minimum absolute atomic E-state index is 0.210. The Bertz CT molecular complexity index is 1420. The van der Waals surface area contributed by atoms with Crippen LogP contribution in [0.25, 0.3) is 21.5 Å². The molecule has 0 spiro atoms. The van der Waals surface area contributed by atoms with E-state index in [0.717, 1.165) is 78.5 Å². The Morgan fingerprint density at radius 3 is 2.66 bits per heavy atom. The second-order valence-electron chi connectivity index (χ2n) is 9.30. The highest BCUT2D eigenvalue weighted by molar-refractivity contribution is 7.13. The van der Waals surface area contributed by atoms with Crippen molar-refractivity contribution in [1.29, 1.82) is 0 Å². The van der Waals surface area contributed by atoms with Gasteiger partial charge in [-0.05, 0) is 42.8 Å². The number of aromatic nitrogens is 2. The molecule has 8 nitrogen and oxygen atoms in total. The number of aryl methyl sites for hydroxylation is 1. The number of amides is 1. The first kappa shape index (κ1) is 26.5. The van der Waals surface area contributed by atoms with Gasteiger partial charge in [0, 0.05) is 78.9 Å². The normalized spacial score (nSPS) is 15.0. The number of carbonyl (C=O) groups excluding carboxylic acids is 1. The average molecular weight is 551 g/mol. The summed E-state index contributed by atoms with van der Waals surface area (Å²) in [5.74, 6) is -0.260. The van der Waals surface area contributed by atoms with Crippen LogP contribution in [0.4, 0.5) is 0 Å². The van der Waals surface area contributed by atoms with E-state index in [1.54, 1.807) is 29.7 Å². The molecule has 2 aromatic carbocycles. The molecule has 0 atom stereocenters. The van der Waals surface area contributed by atoms with Crippen molar-refractivity contribution in [2.45, 2.75) is 20.0 Å². The fourth-order valence-electron chi connectivity index (χ4n) is 4.70. The molecule has 2 aromatic heterocycles. The number of piperazine rings is 1. The first-order valence-electron chi connectivity index (χ1n) is 12.8. The van der Waals surface area contributed by atoms with Crippen LogP contribution in [0.5, 0.6) is 0 Å². The number of hydrazone groups is 1. The number of carbonyl (C=O) groups is 1. The van der Waals surface area contributed by atoms with E-state index in [-0.39, 0.29) is 12.5 Å². The zero-order chi connectivity index (χ0) is 26.5. The van der Waals surface area contributed by atoms with E-state index in [1.165, 1.54) is 0 Å². The zero-order valence-corrected chi connectivity index (χ0v) is 22.9. The molecule has 0 aliphatic carbocycles. The molecule has 1 aliphatic rings. The number of nitrogens with zero attached hydrogens (tertiary/aromatic N) is 5. The van der Waals surface area contributed by atoms with Gasteiger partial charge in [0.15, 0.2) is 0 Å². The van der Waals surface area contributed by atoms with Crippen molar-refractivity contribution in [2.75, 3.05) is 39.3 Å². The lowest BCUT2D eigenvalue weighted by atomic mass is 10.1. The molecule has 4 aromatic rings. The summed E-state index contributed by atoms with van der Waals surface area (Å²) in [7, 11) is 0. The number of β-amino-alcohol motifs (C(OH)–C–C–N with tert-alkyl or cyclic N) is 1. The molecular weight excluding hydrogens is 520 g/mol. The smallest absolute Gasteiger partial charge is 0.273 e. The Morgan fingerprint density at radius 1 is 1.16 bits per heavy atom. The van der Waals surface area contributed by atoms with Crippen molar-refractivity contribution >= 4 is 46.0 Å². The van der Waals surface area contributed by atoms with Gasteiger partial charge in [-0.2, -0.15) is 5.10 Å². The van der Waals surface area contributed by atoms with E-state index in [9.17, 15) is 4.79 Å². The SMILES string of the molecule is CCn1cc(C(=O)NN=Cc2ccc(Cl)cc2)c2cc(-c3nc(CN4CCN(CCO)CC4)cs3)ccc21. The van der Waals surface area contributed by atoms with Crippen molar-refractivity contribution in [3.05, 3.63) is 75.9 Å². The molecule has 0 saturated carbocycles. The van der Waals surface area contributed by atoms with Crippen LogP contribution in [0.3, 0.4) is 0 Å². The van der Waals surface area contributed by atoms with Gasteiger partial charge in [0.05, 0.1) is 24.1 Å². The predicted molar refractivity (Wildman–Crippen MR) is 154 cm³/mol. The van der Waals surface area contributed by atoms with Crippen molar-refractivity contribution < 1.29 is 9.90 Å². The summed E-state index contributed by atoms with van der Waals surface area (Å²) in [5, 5.41) is 17.9. The van der Waals surface area contributed by atoms with E-state index in [0.29, 0.717) is 10.6 Å². The van der Waals surface area contributed by atoms with Crippen molar-refractivity contribution in [3.63, 3.8) is 0 Å². The predicted octanol–water partition coefficient (Wildman–Crippen LogP) is 4.31. The Kier molecular flexibility index (Phi) is 8.51. The maximum absolute atomic E-state index is 13.1. The van der Waals surface area contributed by atoms with Crippen molar-refractivity contribution in [2.24, 2.45) is 5.10 Å². The second-order valence-corrected chi connectivity index (χ2v) is 10.6. The third kappa shape index (κ3) is 6.14. The number of hydrogen-bond acceptors (Lipinski definition) is 7. The monoisotopic (exact) mass is 550 g/mol. The molecule has 1 saturated heterocycles. The summed E-state index contributed by atoms with van der Waals surface area (Å²) in [6, 6.07) is 13.4. The topological polar surface area (TPSA) is 86.0 Å². The first-order valence-corrected chi connectivity index (χ1v) is 14.0. The molecule has 10 heteroatoms. The van der Waals surface area contributed by atoms with Gasteiger partial charge >= 0.3 is 0 Å². The van der Waals surface area contributed by atoms with Gasteiger partial charge in [-0.3, -0.25) is 14.6 Å². The molecule has 1 fully saturated rings. The zero-order valence-electron chi connectivity index (χ0n) is 21.3. The molecule has 1 amide bonds. The highest BCUT2D eigenvalue weighted by Crippen LogP contribution is 2.30. The number of thiazole rings is 1. The molecule has 198 valence electrons. The van der Waals surface area contributed by atoms with Crippen LogP contribution in [-0.2, 0) is 13.1 Å². The third-order valence-corrected chi connectivity index (χ3v) is 7.97. The van der Waals surface area contributed by atoms with E-state index in [4.69, 9.17) is 21.7 Å². The Labute approximate surface area is 231 Å². The summed E-state index contributed by atoms with van der Waals surface area (Å²) < 4.78 is 2.07. The first-order chi connectivity index (χ1) is 18.5. The van der Waals surface area contributed by atoms with E-state index >= 15 is 0 Å². The second kappa shape index (κ2) is 12.2. The molecule has 1 aliphatic heterocycles. The average Bonchev–Trinajstić information content (AvgIpc) is 3.55. The summed E-state index contributed by atoms with van der Waals surface area (Å²) in [6.07, 6.45) is 3.48. The number of hydrogen-bond donors (Lipinski definition) is 2. The van der Waals surface area contributed by atoms with E-state index < -0.39 is 0 Å². The third-order valence-electron chi connectivity index (χ3n) is 6.78. The molecule has 38 heavy (non-hydrogen) atoms. The van der Waals surface area contributed by atoms with Gasteiger partial charge in [-0.25, -0.2) is 10.4 Å². The Balaban J connectivity index is 1.31. The Morgan fingerprint density at radius 2 is 1.92 bits per heavy atom. The summed E-state index contributed by atoms with van der Waals surface area (Å²) >= 11 is 7.56. The van der Waals surface area contributed by atoms with Crippen molar-refractivity contribution in [3.8, 4) is 10.6 Å². The number of aliphatic hydroxyl groups excluding tert-OH is 1. The van der Waals surface area contributed by atoms with Crippen LogP contribution >= 0.6 is 22.9 Å². The van der Waals surface area contributed by atoms with Crippen LogP contribution in [-0.4, -0.2) is 75.9 Å². The fourth-order valence-corrected chi connectivity index (χ4v) is 5.63. The van der Waals surface area contributed by atoms with Crippen LogP contribution in [0.1, 0.15) is 28.5 Å². The number of benzene rings is 2. The molecule has 2 N–H and O–H groups in total. The van der Waals surface area contributed by atoms with Gasteiger partial charge < -0.3 is 9.67 Å². The molecular formula is C28H31ClN6O2S. The lowest BCUT2D eigenvalue weighted by Crippen LogP contribution is -2.46. The fraction of sp³-hybridized carbons (Fsp3) is 0.321. The quantitative estimate of drug-likeness (QED) is 0.239. The lowest BCUT2D eigenvalue weighted by Gasteiger charge is -2.33. The number of rotatable bonds is 9.